The van der Waals surface area contributed by atoms with E-state index in [1.807, 2.05) is 0 Å². The van der Waals surface area contributed by atoms with Crippen LogP contribution in [0.1, 0.15) is 0 Å². The minimum absolute atomic E-state index is 0. The van der Waals surface area contributed by atoms with Gasteiger partial charge in [-0.25, -0.2) is 0 Å². The Morgan fingerprint density at radius 2 is 0.714 bits per heavy atom. The van der Waals surface area contributed by atoms with Crippen molar-refractivity contribution in [2.45, 2.75) is 0 Å². The summed E-state index contributed by atoms with van der Waals surface area (Å²) in [4.78, 5) is 15.5. The standard InChI is InChI=1S/2CHO.2H3P.Pt/c2*1-2;;;/h2*1H;2*1H3;/q2*-1;;;+2. The molecule has 0 aliphatic carbocycles. The first-order valence-electron chi connectivity index (χ1n) is 0.471. The Bertz CT molecular complexity index is 15.7. The van der Waals surface area contributed by atoms with E-state index >= 15 is 0 Å². The van der Waals surface area contributed by atoms with Gasteiger partial charge in [0.15, 0.2) is 0 Å². The molecule has 0 rings (SSSR count). The molecule has 0 saturated carbocycles. The second-order valence-corrected chi connectivity index (χ2v) is 0. The molecule has 2 atom stereocenters. The van der Waals surface area contributed by atoms with Crippen LogP contribution in [0.2, 0.25) is 0 Å². The van der Waals surface area contributed by atoms with Gasteiger partial charge < -0.3 is 9.59 Å². The molecule has 0 aliphatic rings. The van der Waals surface area contributed by atoms with Crippen molar-refractivity contribution in [1.82, 2.24) is 0 Å². The van der Waals surface area contributed by atoms with Crippen LogP contribution >= 0.6 is 19.8 Å². The summed E-state index contributed by atoms with van der Waals surface area (Å²) < 4.78 is 0. The Labute approximate surface area is 64.3 Å². The van der Waals surface area contributed by atoms with Crippen molar-refractivity contribution in [2.75, 3.05) is 0 Å². The summed E-state index contributed by atoms with van der Waals surface area (Å²) in [6.07, 6.45) is 0. The normalized spacial score (nSPS) is 1.14. The molecular weight excluding hydrogens is 313 g/mol. The molecule has 48 valence electrons. The maximum atomic E-state index is 7.75. The first-order valence-corrected chi connectivity index (χ1v) is 0.471. The van der Waals surface area contributed by atoms with E-state index < -0.39 is 0 Å². The van der Waals surface area contributed by atoms with Gasteiger partial charge in [-0.1, -0.05) is 0 Å². The van der Waals surface area contributed by atoms with E-state index in [1.54, 1.807) is 0 Å². The third-order valence-corrected chi connectivity index (χ3v) is 0. The van der Waals surface area contributed by atoms with Crippen LogP contribution in [-0.4, -0.2) is 13.6 Å². The van der Waals surface area contributed by atoms with Gasteiger partial charge in [0, 0.05) is 0 Å². The van der Waals surface area contributed by atoms with E-state index in [0.717, 1.165) is 0 Å². The van der Waals surface area contributed by atoms with Crippen LogP contribution in [0.3, 0.4) is 0 Å². The molecule has 0 bridgehead atoms. The SMILES string of the molecule is P.P.[CH-]=O.[CH-]=O.[Pt+2]. The predicted octanol–water partition coefficient (Wildman–Crippen LogP) is -0.435. The minimum Gasteiger partial charge on any atom is -0.545 e. The van der Waals surface area contributed by atoms with E-state index in [1.165, 1.54) is 0 Å². The summed E-state index contributed by atoms with van der Waals surface area (Å²) >= 11 is 0. The van der Waals surface area contributed by atoms with Crippen LogP contribution in [0.15, 0.2) is 0 Å². The summed E-state index contributed by atoms with van der Waals surface area (Å²) in [6, 6.07) is 0. The molecule has 0 N–H and O–H groups in total. The fraction of sp³-hybridized carbons (Fsp3) is 0. The van der Waals surface area contributed by atoms with Gasteiger partial charge in [-0.15, -0.1) is 0 Å². The molecule has 2 unspecified atom stereocenters. The van der Waals surface area contributed by atoms with Crippen molar-refractivity contribution in [3.8, 4) is 0 Å². The van der Waals surface area contributed by atoms with Crippen LogP contribution in [0.25, 0.3) is 0 Å². The van der Waals surface area contributed by atoms with E-state index in [0.29, 0.717) is 0 Å². The van der Waals surface area contributed by atoms with Crippen LogP contribution in [0, 0.1) is 0 Å². The van der Waals surface area contributed by atoms with Crippen molar-refractivity contribution < 1.29 is 30.7 Å². The van der Waals surface area contributed by atoms with E-state index in [2.05, 4.69) is 13.6 Å². The van der Waals surface area contributed by atoms with Crippen molar-refractivity contribution in [3.63, 3.8) is 0 Å². The van der Waals surface area contributed by atoms with Gasteiger partial charge in [0.2, 0.25) is 0 Å². The van der Waals surface area contributed by atoms with Gasteiger partial charge in [-0.2, -0.15) is 19.8 Å². The fourth-order valence-corrected chi connectivity index (χ4v) is 0. The number of hydrogen-bond acceptors (Lipinski definition) is 2. The molecule has 7 heavy (non-hydrogen) atoms. The predicted molar refractivity (Wildman–Crippen MR) is 35.7 cm³/mol. The van der Waals surface area contributed by atoms with Crippen molar-refractivity contribution >= 4 is 33.4 Å². The first kappa shape index (κ1) is 44.9. The molecule has 0 saturated heterocycles. The quantitative estimate of drug-likeness (QED) is 0.345. The third-order valence-electron chi connectivity index (χ3n) is 0. The topological polar surface area (TPSA) is 34.1 Å². The van der Waals surface area contributed by atoms with Crippen LogP contribution in [-0.2, 0) is 30.7 Å². The Morgan fingerprint density at radius 1 is 0.714 bits per heavy atom. The average molecular weight is 321 g/mol. The van der Waals surface area contributed by atoms with Crippen molar-refractivity contribution in [1.29, 1.82) is 0 Å². The summed E-state index contributed by atoms with van der Waals surface area (Å²) in [7, 11) is 0. The van der Waals surface area contributed by atoms with E-state index in [9.17, 15) is 0 Å². The summed E-state index contributed by atoms with van der Waals surface area (Å²) in [6.45, 7) is 6.50. The van der Waals surface area contributed by atoms with Gasteiger partial charge in [0.05, 0.1) is 0 Å². The summed E-state index contributed by atoms with van der Waals surface area (Å²) in [5, 5.41) is 0. The zero-order chi connectivity index (χ0) is 4.00. The van der Waals surface area contributed by atoms with Crippen LogP contribution in [0.5, 0.6) is 0 Å². The number of rotatable bonds is 0. The molecule has 2 nitrogen and oxygen atoms in total. The fourth-order valence-electron chi connectivity index (χ4n) is 0. The number of hydrogen-bond donors (Lipinski definition) is 0. The maximum absolute atomic E-state index is 7.75. The Balaban J connectivity index is -0.00000000267. The Kier molecular flexibility index (Phi) is 1940. The summed E-state index contributed by atoms with van der Waals surface area (Å²) in [5.74, 6) is 0. The third kappa shape index (κ3) is 209. The second kappa shape index (κ2) is 303. The Morgan fingerprint density at radius 3 is 0.714 bits per heavy atom. The molecule has 0 aromatic heterocycles. The molecule has 5 heteroatoms. The molecule has 0 aromatic rings. The summed E-state index contributed by atoms with van der Waals surface area (Å²) in [5.41, 5.74) is 0. The zero-order valence-corrected chi connectivity index (χ0v) is 8.80. The molecule has 0 fully saturated rings. The Hall–Kier alpha value is 0.888. The van der Waals surface area contributed by atoms with Crippen LogP contribution < -0.4 is 0 Å². The molecule has 0 aromatic carbocycles. The average Bonchev–Trinajstić information content (AvgIpc) is 1.50. The van der Waals surface area contributed by atoms with Gasteiger partial charge in [0.1, 0.15) is 0 Å². The van der Waals surface area contributed by atoms with Crippen molar-refractivity contribution in [3.05, 3.63) is 0 Å². The smallest absolute Gasteiger partial charge is 0.545 e. The molecule has 0 heterocycles. The minimum atomic E-state index is 0. The monoisotopic (exact) mass is 321 g/mol. The molecule has 0 aliphatic heterocycles. The molecule has 0 spiro atoms. The molecule has 0 amide bonds. The van der Waals surface area contributed by atoms with Gasteiger partial charge in [0.25, 0.3) is 0 Å². The molecular formula is C2H8O2P2Pt. The first-order chi connectivity index (χ1) is 2.00. The van der Waals surface area contributed by atoms with Gasteiger partial charge in [-0.05, 0) is 0 Å². The van der Waals surface area contributed by atoms with Gasteiger partial charge >= 0.3 is 21.1 Å². The maximum Gasteiger partial charge on any atom is 2.00 e. The molecule has 0 radical (unpaired) electrons. The van der Waals surface area contributed by atoms with Crippen molar-refractivity contribution in [2.24, 2.45) is 0 Å². The second-order valence-electron chi connectivity index (χ2n) is 0. The van der Waals surface area contributed by atoms with Crippen LogP contribution in [0.4, 0.5) is 0 Å². The van der Waals surface area contributed by atoms with E-state index in [4.69, 9.17) is 9.59 Å². The zero-order valence-electron chi connectivity index (χ0n) is 3.70. The number of carbonyl (C=O) groups excluding carboxylic acids is 2. The van der Waals surface area contributed by atoms with Gasteiger partial charge in [-0.3, -0.25) is 13.6 Å². The largest absolute Gasteiger partial charge is 2.00 e. The van der Waals surface area contributed by atoms with E-state index in [-0.39, 0.29) is 40.9 Å².